The van der Waals surface area contributed by atoms with Crippen LogP contribution in [0.3, 0.4) is 0 Å². The number of hydrogen-bond acceptors (Lipinski definition) is 11. The fourth-order valence-corrected chi connectivity index (χ4v) is 9.26. The van der Waals surface area contributed by atoms with E-state index in [2.05, 4.69) is 37.5 Å². The summed E-state index contributed by atoms with van der Waals surface area (Å²) in [5.41, 5.74) is 4.84. The molecule has 0 aliphatic carbocycles. The minimum Gasteiger partial charge on any atom is -0.477 e. The van der Waals surface area contributed by atoms with E-state index in [0.717, 1.165) is 36.3 Å². The van der Waals surface area contributed by atoms with Crippen LogP contribution >= 0.6 is 0 Å². The Hall–Kier alpha value is -6.23. The van der Waals surface area contributed by atoms with E-state index in [1.807, 2.05) is 46.9 Å². The average Bonchev–Trinajstić information content (AvgIpc) is 3.77. The monoisotopic (exact) mass is 834 g/mol. The van der Waals surface area contributed by atoms with Gasteiger partial charge in [0, 0.05) is 93.4 Å². The van der Waals surface area contributed by atoms with Crippen LogP contribution in [0.2, 0.25) is 0 Å². The van der Waals surface area contributed by atoms with Gasteiger partial charge in [0.15, 0.2) is 0 Å². The predicted molar refractivity (Wildman–Crippen MR) is 225 cm³/mol. The number of guanidine groups is 1. The summed E-state index contributed by atoms with van der Waals surface area (Å²) < 4.78 is 38.5. The molecule has 4 aromatic rings. The first-order valence-corrected chi connectivity index (χ1v) is 21.0. The van der Waals surface area contributed by atoms with Gasteiger partial charge in [0.2, 0.25) is 29.6 Å². The van der Waals surface area contributed by atoms with E-state index >= 15 is 8.78 Å². The molecular weight excluding hydrogens is 787 g/mol. The molecule has 2 aromatic heterocycles. The molecule has 5 aliphatic heterocycles. The van der Waals surface area contributed by atoms with Crippen molar-refractivity contribution in [1.29, 1.82) is 0 Å². The van der Waals surface area contributed by atoms with Gasteiger partial charge in [0.1, 0.15) is 11.6 Å². The van der Waals surface area contributed by atoms with Gasteiger partial charge in [0.05, 0.1) is 41.4 Å². The first-order valence-electron chi connectivity index (χ1n) is 21.0. The molecule has 3 atom stereocenters. The van der Waals surface area contributed by atoms with Crippen molar-refractivity contribution in [1.82, 2.24) is 25.0 Å². The highest BCUT2D eigenvalue weighted by atomic mass is 19.1. The summed E-state index contributed by atoms with van der Waals surface area (Å²) in [5.74, 6) is -2.96. The lowest BCUT2D eigenvalue weighted by Crippen LogP contribution is -2.54. The number of benzene rings is 2. The topological polar surface area (TPSA) is 158 Å². The van der Waals surface area contributed by atoms with Crippen molar-refractivity contribution in [3.8, 4) is 17.1 Å². The van der Waals surface area contributed by atoms with Gasteiger partial charge in [-0.2, -0.15) is 10.1 Å². The van der Waals surface area contributed by atoms with Crippen LogP contribution < -0.4 is 30.1 Å². The van der Waals surface area contributed by atoms with Gasteiger partial charge in [-0.3, -0.25) is 34.4 Å². The normalized spacial score (nSPS) is 23.5. The number of amides is 4. The number of carbonyl (C=O) groups is 4. The van der Waals surface area contributed by atoms with Gasteiger partial charge in [-0.05, 0) is 81.0 Å². The number of nitrogens with one attached hydrogen (secondary N) is 2. The van der Waals surface area contributed by atoms with Crippen LogP contribution in [0.15, 0.2) is 53.7 Å². The molecule has 7 heterocycles. The fraction of sp³-hybridized carbons (Fsp3) is 0.432. The minimum absolute atomic E-state index is 0.00679. The van der Waals surface area contributed by atoms with Crippen molar-refractivity contribution in [3.05, 3.63) is 77.1 Å². The van der Waals surface area contributed by atoms with Crippen LogP contribution in [0.1, 0.15) is 73.0 Å². The summed E-state index contributed by atoms with van der Waals surface area (Å²) >= 11 is 0. The highest BCUT2D eigenvalue weighted by Gasteiger charge is 2.36. The lowest BCUT2D eigenvalue weighted by molar-refractivity contribution is -0.134. The maximum Gasteiger partial charge on any atom is 0.280 e. The number of ether oxygens (including phenoxy) is 1. The molecule has 318 valence electrons. The van der Waals surface area contributed by atoms with Crippen molar-refractivity contribution in [2.24, 2.45) is 18.0 Å². The van der Waals surface area contributed by atoms with Crippen molar-refractivity contribution in [3.63, 3.8) is 0 Å². The van der Waals surface area contributed by atoms with Gasteiger partial charge in [0.25, 0.3) is 5.91 Å². The Bertz CT molecular complexity index is 2440. The number of aliphatic imine (C=N–C) groups is 1. The summed E-state index contributed by atoms with van der Waals surface area (Å²) in [4.78, 5) is 69.0. The van der Waals surface area contributed by atoms with E-state index < -0.39 is 35.3 Å². The zero-order valence-corrected chi connectivity index (χ0v) is 34.4. The summed E-state index contributed by atoms with van der Waals surface area (Å²) in [7, 11) is 1.82. The number of aryl methyl sites for hydroxylation is 2. The molecule has 2 N–H and O–H groups in total. The highest BCUT2D eigenvalue weighted by molar-refractivity contribution is 6.19. The smallest absolute Gasteiger partial charge is 0.280 e. The molecule has 3 saturated heterocycles. The summed E-state index contributed by atoms with van der Waals surface area (Å²) in [6, 6.07) is 11.9. The van der Waals surface area contributed by atoms with Crippen LogP contribution in [0, 0.1) is 24.5 Å². The Morgan fingerprint density at radius 2 is 1.66 bits per heavy atom. The summed E-state index contributed by atoms with van der Waals surface area (Å²) in [5, 5.41) is 9.94. The molecule has 5 aliphatic rings. The van der Waals surface area contributed by atoms with E-state index in [9.17, 15) is 19.2 Å². The second-order valence-electron chi connectivity index (χ2n) is 16.7. The Labute approximate surface area is 351 Å². The van der Waals surface area contributed by atoms with Crippen molar-refractivity contribution in [2.45, 2.75) is 64.3 Å². The third kappa shape index (κ3) is 7.93. The van der Waals surface area contributed by atoms with Crippen LogP contribution in [0.5, 0.6) is 5.88 Å². The van der Waals surface area contributed by atoms with Gasteiger partial charge in [-0.25, -0.2) is 13.5 Å². The number of hydrogen-bond donors (Lipinski definition) is 2. The minimum atomic E-state index is -1.05. The van der Waals surface area contributed by atoms with Gasteiger partial charge < -0.3 is 24.8 Å². The second-order valence-corrected chi connectivity index (χ2v) is 16.7. The predicted octanol–water partition coefficient (Wildman–Crippen LogP) is 5.14. The lowest BCUT2D eigenvalue weighted by Gasteiger charge is -2.43. The summed E-state index contributed by atoms with van der Waals surface area (Å²) in [6.07, 6.45) is 4.53. The Balaban J connectivity index is 0.876. The Kier molecular flexibility index (Phi) is 10.8. The zero-order valence-electron chi connectivity index (χ0n) is 34.4. The second kappa shape index (κ2) is 16.3. The SMILES string of the molecule is Cc1cc2cc(n1)-c1cnn(C)c1OCCC[C@@H](C)CN1/C(=N/C2=O)Nc2ccc(N3CC[C@@H](N4CCN(c5cc(F)c([C@H]6CCC(=O)NC6=O)c(F)c5)CC4)CC3=O)cc21. The van der Waals surface area contributed by atoms with E-state index in [4.69, 9.17) is 4.74 Å². The van der Waals surface area contributed by atoms with Gasteiger partial charge in [-0.15, -0.1) is 0 Å². The first kappa shape index (κ1) is 40.2. The molecule has 0 unspecified atom stereocenters. The third-order valence-corrected chi connectivity index (χ3v) is 12.5. The number of pyridine rings is 1. The zero-order chi connectivity index (χ0) is 42.5. The fourth-order valence-electron chi connectivity index (χ4n) is 9.26. The van der Waals surface area contributed by atoms with Gasteiger partial charge in [-0.1, -0.05) is 6.92 Å². The average molecular weight is 835 g/mol. The number of fused-ring (bicyclic) bond motifs is 7. The molecule has 2 aromatic carbocycles. The van der Waals surface area contributed by atoms with Crippen molar-refractivity contribution >= 4 is 52.3 Å². The van der Waals surface area contributed by atoms with Gasteiger partial charge >= 0.3 is 0 Å². The van der Waals surface area contributed by atoms with Crippen LogP contribution in [-0.4, -0.2) is 101 Å². The van der Waals surface area contributed by atoms with Crippen molar-refractivity contribution < 1.29 is 32.7 Å². The number of imide groups is 1. The number of nitrogens with zero attached hydrogens (tertiary/aromatic N) is 8. The van der Waals surface area contributed by atoms with Crippen LogP contribution in [0.4, 0.5) is 31.5 Å². The maximum absolute atomic E-state index is 15.3. The van der Waals surface area contributed by atoms with Crippen molar-refractivity contribution in [2.75, 3.05) is 65.9 Å². The standard InChI is InChI=1S/C44H48F2N10O5/c1-25-5-4-16-61-43-32(23-47-52(43)3)36-18-27(17-26(2)48-36)41(59)51-44-49-35-8-6-29(21-37(35)56(44)24-25)55-11-10-28(22-39(55)58)53-12-14-54(15-13-53)30-19-33(45)40(34(46)20-30)31-7-9-38(57)50-42(31)60/h6,8,17-21,23,25,28,31H,4-5,7,9-16,22,24H2,1-3H3,(H,49,51,59)(H,50,57,60)/t25-,28-,31-/m1/s1. The molecule has 4 amide bonds. The lowest BCUT2D eigenvalue weighted by atomic mass is 9.89. The molecule has 0 radical (unpaired) electrons. The first-order chi connectivity index (χ1) is 29.4. The molecule has 2 bridgehead atoms. The molecule has 15 nitrogen and oxygen atoms in total. The van der Waals surface area contributed by atoms with Crippen LogP contribution in [-0.2, 0) is 21.4 Å². The largest absolute Gasteiger partial charge is 0.477 e. The van der Waals surface area contributed by atoms with E-state index in [-0.39, 0.29) is 36.3 Å². The summed E-state index contributed by atoms with van der Waals surface area (Å²) in [6.45, 7) is 7.86. The van der Waals surface area contributed by atoms with E-state index in [0.29, 0.717) is 92.3 Å². The molecule has 61 heavy (non-hydrogen) atoms. The molecule has 0 spiro atoms. The number of anilines is 4. The molecular formula is C44H48F2N10O5. The highest BCUT2D eigenvalue weighted by Crippen LogP contribution is 2.39. The number of rotatable bonds is 4. The number of halogens is 2. The molecule has 9 rings (SSSR count). The number of carbonyl (C=O) groups excluding carboxylic acids is 4. The number of piperidine rings is 2. The number of piperazine rings is 1. The third-order valence-electron chi connectivity index (χ3n) is 12.5. The molecule has 17 heteroatoms. The maximum atomic E-state index is 15.3. The quantitative estimate of drug-likeness (QED) is 0.263. The number of aromatic nitrogens is 3. The molecule has 3 fully saturated rings. The molecule has 0 saturated carbocycles. The van der Waals surface area contributed by atoms with E-state index in [1.165, 1.54) is 12.1 Å². The Morgan fingerprint density at radius 1 is 0.869 bits per heavy atom. The van der Waals surface area contributed by atoms with Crippen LogP contribution in [0.25, 0.3) is 11.3 Å². The Morgan fingerprint density at radius 3 is 2.41 bits per heavy atom. The van der Waals surface area contributed by atoms with E-state index in [1.54, 1.807) is 23.0 Å².